The number of rotatable bonds is 13. The molecule has 0 saturated heterocycles. The molecule has 1 aliphatic carbocycles. The number of pyridine rings is 1. The molecule has 332 valence electrons. The van der Waals surface area contributed by atoms with E-state index in [-0.39, 0.29) is 56.7 Å². The van der Waals surface area contributed by atoms with Crippen molar-refractivity contribution >= 4 is 112 Å². The van der Waals surface area contributed by atoms with Crippen LogP contribution in [0.25, 0.3) is 39.0 Å². The van der Waals surface area contributed by atoms with E-state index in [4.69, 9.17) is 15.3 Å². The monoisotopic (exact) mass is 928 g/mol. The van der Waals surface area contributed by atoms with Gasteiger partial charge in [-0.05, 0) is 83.5 Å². The van der Waals surface area contributed by atoms with Crippen LogP contribution in [0.1, 0.15) is 49.0 Å². The molecule has 64 heavy (non-hydrogen) atoms. The molecule has 5 aromatic carbocycles. The van der Waals surface area contributed by atoms with Gasteiger partial charge in [0.2, 0.25) is 17.8 Å². The standard InChI is InChI=1S/C42H40N8O11S3/c1-20-12-13-27(21(2)16-20)45-41-47-40(43)48-42(49-41)46-30-18-29(32(62-61-60-53)19-33(30)64(57,58)59)44-28-14-15-31-36-34(28)22(3)25-10-5-6-11-26(25)35(36)37(39(52)50(31)4)38(51)23-8-7-9-24(17-23)63(54,55)56/h5-11,14-15,17-21,27,44,53H,3,12-13,16H2,1-2,4H3,(H,54,55,56)(H,57,58,59)(H4,43,45,46,47,48,49). The SMILES string of the molecule is C=c1c2ccccc2c2c(C(=O)c3cccc(S(=O)(=O)O)c3)c(=O)n(C)c3ccc(Nc4cc(Nc5nc(N)nc(NC6CCC(C)CC6C)n5)c(S(=O)(=O)O)cc4SOOO)c1c23. The minimum absolute atomic E-state index is 0.0327. The predicted molar refractivity (Wildman–Crippen MR) is 242 cm³/mol. The fourth-order valence-corrected chi connectivity index (χ4v) is 10.2. The van der Waals surface area contributed by atoms with Crippen LogP contribution in [0.15, 0.2) is 92.3 Å². The zero-order valence-corrected chi connectivity index (χ0v) is 36.6. The van der Waals surface area contributed by atoms with Crippen LogP contribution in [0.3, 0.4) is 0 Å². The third kappa shape index (κ3) is 8.44. The number of anilines is 6. The second-order valence-electron chi connectivity index (χ2n) is 15.6. The van der Waals surface area contributed by atoms with E-state index in [1.165, 1.54) is 29.8 Å². The summed E-state index contributed by atoms with van der Waals surface area (Å²) in [5, 5.41) is 24.9. The Bertz CT molecular complexity index is 3390. The average molecular weight is 929 g/mol. The molecule has 3 unspecified atom stereocenters. The van der Waals surface area contributed by atoms with Gasteiger partial charge in [0.25, 0.3) is 25.8 Å². The number of nitrogens with two attached hydrogens (primary N) is 1. The molecule has 0 amide bonds. The Hall–Kier alpha value is -6.24. The van der Waals surface area contributed by atoms with Crippen molar-refractivity contribution in [1.29, 1.82) is 0 Å². The van der Waals surface area contributed by atoms with Crippen LogP contribution in [0.5, 0.6) is 0 Å². The minimum Gasteiger partial charge on any atom is -0.368 e. The number of aryl methyl sites for hydroxylation is 1. The van der Waals surface area contributed by atoms with Crippen molar-refractivity contribution in [1.82, 2.24) is 19.5 Å². The molecule has 8 N–H and O–H groups in total. The fraction of sp³-hybridized carbons (Fsp3) is 0.214. The van der Waals surface area contributed by atoms with Gasteiger partial charge in [0.15, 0.2) is 5.78 Å². The Labute approximate surface area is 369 Å². The maximum Gasteiger partial charge on any atom is 0.296 e. The first-order chi connectivity index (χ1) is 30.3. The van der Waals surface area contributed by atoms with E-state index in [1.807, 2.05) is 0 Å². The lowest BCUT2D eigenvalue weighted by Gasteiger charge is -2.33. The van der Waals surface area contributed by atoms with Crippen LogP contribution in [0.2, 0.25) is 0 Å². The van der Waals surface area contributed by atoms with Gasteiger partial charge in [-0.15, -0.1) is 4.33 Å². The van der Waals surface area contributed by atoms with Gasteiger partial charge >= 0.3 is 0 Å². The van der Waals surface area contributed by atoms with Gasteiger partial charge < -0.3 is 26.3 Å². The largest absolute Gasteiger partial charge is 0.368 e. The first-order valence-corrected chi connectivity index (χ1v) is 23.2. The van der Waals surface area contributed by atoms with Crippen LogP contribution >= 0.6 is 12.0 Å². The molecule has 19 nitrogen and oxygen atoms in total. The summed E-state index contributed by atoms with van der Waals surface area (Å²) in [4.78, 5) is 40.4. The highest BCUT2D eigenvalue weighted by molar-refractivity contribution is 7.94. The zero-order valence-electron chi connectivity index (χ0n) is 34.2. The van der Waals surface area contributed by atoms with Gasteiger partial charge in [0, 0.05) is 40.5 Å². The first kappa shape index (κ1) is 44.4. The third-order valence-corrected chi connectivity index (χ3v) is 13.8. The summed E-state index contributed by atoms with van der Waals surface area (Å²) in [5.74, 6) is -0.127. The molecule has 1 fully saturated rings. The molecule has 1 saturated carbocycles. The van der Waals surface area contributed by atoms with E-state index in [1.54, 1.807) is 36.4 Å². The number of fused-ring (bicyclic) bond motifs is 2. The van der Waals surface area contributed by atoms with Gasteiger partial charge in [-0.3, -0.25) is 18.7 Å². The summed E-state index contributed by atoms with van der Waals surface area (Å²) in [6, 6.07) is 17.3. The number of nitrogen functional groups attached to an aromatic ring is 1. The van der Waals surface area contributed by atoms with Crippen molar-refractivity contribution in [2.24, 2.45) is 18.9 Å². The van der Waals surface area contributed by atoms with Crippen molar-refractivity contribution in [3.8, 4) is 0 Å². The van der Waals surface area contributed by atoms with Crippen LogP contribution < -0.4 is 32.5 Å². The summed E-state index contributed by atoms with van der Waals surface area (Å²) in [5.41, 5.74) is 5.55. The molecule has 0 aliphatic heterocycles. The molecular formula is C42H40N8O11S3. The lowest BCUT2D eigenvalue weighted by molar-refractivity contribution is -0.432. The van der Waals surface area contributed by atoms with E-state index in [0.29, 0.717) is 61.8 Å². The van der Waals surface area contributed by atoms with E-state index in [0.717, 1.165) is 37.5 Å². The number of aromatic nitrogens is 4. The van der Waals surface area contributed by atoms with Crippen molar-refractivity contribution in [3.63, 3.8) is 0 Å². The highest BCUT2D eigenvalue weighted by Crippen LogP contribution is 2.42. The Kier molecular flexibility index (Phi) is 11.8. The van der Waals surface area contributed by atoms with Gasteiger partial charge in [-0.2, -0.15) is 31.8 Å². The molecule has 0 radical (unpaired) electrons. The number of hydrogen-bond donors (Lipinski definition) is 7. The minimum atomic E-state index is -4.99. The molecule has 22 heteroatoms. The molecule has 7 aromatic rings. The Balaban J connectivity index is 1.31. The lowest BCUT2D eigenvalue weighted by atomic mass is 9.80. The molecule has 8 rings (SSSR count). The highest BCUT2D eigenvalue weighted by atomic mass is 32.2. The molecular weight excluding hydrogens is 889 g/mol. The second-order valence-corrected chi connectivity index (χ2v) is 19.2. The van der Waals surface area contributed by atoms with E-state index < -0.39 is 41.4 Å². The summed E-state index contributed by atoms with van der Waals surface area (Å²) < 4.78 is 76.2. The Morgan fingerprint density at radius 3 is 2.30 bits per heavy atom. The number of carbonyl (C=O) groups excluding carboxylic acids is 1. The fourth-order valence-electron chi connectivity index (χ4n) is 8.49. The normalized spacial score (nSPS) is 16.9. The summed E-state index contributed by atoms with van der Waals surface area (Å²) in [6.45, 7) is 8.73. The van der Waals surface area contributed by atoms with Gasteiger partial charge in [0.05, 0.1) is 44.3 Å². The maximum absolute atomic E-state index is 14.5. The third-order valence-electron chi connectivity index (χ3n) is 11.4. The van der Waals surface area contributed by atoms with E-state index >= 15 is 0 Å². The van der Waals surface area contributed by atoms with E-state index in [2.05, 4.69) is 56.4 Å². The number of carbonyl (C=O) groups is 1. The van der Waals surface area contributed by atoms with Crippen LogP contribution in [0.4, 0.5) is 34.9 Å². The summed E-state index contributed by atoms with van der Waals surface area (Å²) in [6.07, 6.45) is 2.87. The lowest BCUT2D eigenvalue weighted by Crippen LogP contribution is -2.33. The summed E-state index contributed by atoms with van der Waals surface area (Å²) in [7, 11) is -8.22. The van der Waals surface area contributed by atoms with Gasteiger partial charge in [-0.1, -0.05) is 61.9 Å². The number of benzene rings is 5. The highest BCUT2D eigenvalue weighted by Gasteiger charge is 2.29. The van der Waals surface area contributed by atoms with E-state index in [9.17, 15) is 35.5 Å². The quantitative estimate of drug-likeness (QED) is 0.0122. The number of nitrogens with zero attached hydrogens (tertiary/aromatic N) is 4. The van der Waals surface area contributed by atoms with Gasteiger partial charge in [-0.25, -0.2) is 5.26 Å². The van der Waals surface area contributed by atoms with Crippen molar-refractivity contribution in [2.45, 2.75) is 53.8 Å². The molecule has 1 aliphatic rings. The second kappa shape index (κ2) is 17.0. The van der Waals surface area contributed by atoms with Gasteiger partial charge in [0.1, 0.15) is 4.90 Å². The predicted octanol–water partition coefficient (Wildman–Crippen LogP) is 6.62. The number of nitrogens with one attached hydrogen (secondary N) is 3. The van der Waals surface area contributed by atoms with Crippen LogP contribution in [0, 0.1) is 11.8 Å². The average Bonchev–Trinajstić information content (AvgIpc) is 3.24. The zero-order chi connectivity index (χ0) is 45.8. The molecule has 3 atom stereocenters. The van der Waals surface area contributed by atoms with Crippen molar-refractivity contribution in [2.75, 3.05) is 21.7 Å². The Morgan fingerprint density at radius 1 is 0.859 bits per heavy atom. The Morgan fingerprint density at radius 2 is 1.59 bits per heavy atom. The molecule has 2 aromatic heterocycles. The number of hydrogen-bond acceptors (Lipinski definition) is 17. The topological polar surface area (TPSA) is 287 Å². The summed E-state index contributed by atoms with van der Waals surface area (Å²) >= 11 is 0.389. The van der Waals surface area contributed by atoms with Crippen molar-refractivity contribution < 1.29 is 45.4 Å². The number of ketones is 1. The molecule has 0 spiro atoms. The molecule has 0 bridgehead atoms. The van der Waals surface area contributed by atoms with Crippen LogP contribution in [-0.4, -0.2) is 62.5 Å². The maximum atomic E-state index is 14.5. The molecule has 2 heterocycles. The van der Waals surface area contributed by atoms with Crippen molar-refractivity contribution in [3.05, 3.63) is 99.5 Å². The first-order valence-electron chi connectivity index (χ1n) is 19.6. The smallest absolute Gasteiger partial charge is 0.296 e. The van der Waals surface area contributed by atoms with Crippen LogP contribution in [-0.2, 0) is 36.7 Å².